The summed E-state index contributed by atoms with van der Waals surface area (Å²) in [6.45, 7) is 4.62. The fraction of sp³-hybridized carbons (Fsp3) is 0.389. The van der Waals surface area contributed by atoms with Crippen molar-refractivity contribution in [2.24, 2.45) is 0 Å². The first-order chi connectivity index (χ1) is 11.1. The van der Waals surface area contributed by atoms with E-state index in [4.69, 9.17) is 4.74 Å². The topological polar surface area (TPSA) is 74.6 Å². The summed E-state index contributed by atoms with van der Waals surface area (Å²) in [7, 11) is 0. The van der Waals surface area contributed by atoms with E-state index >= 15 is 0 Å². The predicted octanol–water partition coefficient (Wildman–Crippen LogP) is 2.18. The van der Waals surface area contributed by atoms with E-state index in [2.05, 4.69) is 10.3 Å². The van der Waals surface area contributed by atoms with E-state index in [1.807, 2.05) is 44.2 Å². The molecule has 2 rings (SSSR count). The molecule has 1 aromatic carbocycles. The summed E-state index contributed by atoms with van der Waals surface area (Å²) in [4.78, 5) is 4.32. The van der Waals surface area contributed by atoms with Gasteiger partial charge in [-0.25, -0.2) is 4.98 Å². The monoisotopic (exact) mass is 316 g/mol. The number of benzene rings is 1. The number of ether oxygens (including phenoxy) is 1. The second kappa shape index (κ2) is 8.62. The van der Waals surface area contributed by atoms with Gasteiger partial charge in [0, 0.05) is 12.6 Å². The Balaban J connectivity index is 2.04. The normalized spacial score (nSPS) is 12.4. The number of hydrogen-bond donors (Lipinski definition) is 3. The first-order valence-corrected chi connectivity index (χ1v) is 7.79. The van der Waals surface area contributed by atoms with Gasteiger partial charge in [-0.15, -0.1) is 0 Å². The van der Waals surface area contributed by atoms with Crippen LogP contribution in [-0.2, 0) is 13.2 Å². The lowest BCUT2D eigenvalue weighted by Crippen LogP contribution is -2.28. The molecule has 0 radical (unpaired) electrons. The van der Waals surface area contributed by atoms with Gasteiger partial charge in [-0.1, -0.05) is 44.2 Å². The van der Waals surface area contributed by atoms with Gasteiger partial charge in [0.2, 0.25) is 0 Å². The molecule has 1 unspecified atom stereocenters. The highest BCUT2D eigenvalue weighted by Crippen LogP contribution is 2.21. The minimum absolute atomic E-state index is 0.234. The standard InChI is InChI=1S/C18H24N2O3/c1-13(2)19-10-17(22)15-8-9-18(16(11-21)20-15)23-12-14-6-4-3-5-7-14/h3-9,13,17,19,21-22H,10-12H2,1-2H3. The number of aliphatic hydroxyl groups is 2. The molecule has 0 spiro atoms. The maximum atomic E-state index is 10.1. The van der Waals surface area contributed by atoms with Crippen molar-refractivity contribution >= 4 is 0 Å². The Hall–Kier alpha value is -1.95. The molecule has 0 aliphatic carbocycles. The summed E-state index contributed by atoms with van der Waals surface area (Å²) in [6.07, 6.45) is -0.717. The van der Waals surface area contributed by atoms with Crippen LogP contribution in [0, 0.1) is 0 Å². The third-order valence-corrected chi connectivity index (χ3v) is 3.40. The van der Waals surface area contributed by atoms with E-state index in [0.717, 1.165) is 5.56 Å². The molecule has 0 fully saturated rings. The van der Waals surface area contributed by atoms with Crippen LogP contribution in [0.4, 0.5) is 0 Å². The number of nitrogens with one attached hydrogen (secondary N) is 1. The third kappa shape index (κ3) is 5.32. The van der Waals surface area contributed by atoms with Crippen molar-refractivity contribution in [1.29, 1.82) is 0 Å². The van der Waals surface area contributed by atoms with Crippen LogP contribution in [0.2, 0.25) is 0 Å². The van der Waals surface area contributed by atoms with Gasteiger partial charge in [0.15, 0.2) is 0 Å². The molecule has 1 atom stereocenters. The summed E-state index contributed by atoms with van der Waals surface area (Å²) >= 11 is 0. The van der Waals surface area contributed by atoms with Crippen molar-refractivity contribution in [3.63, 3.8) is 0 Å². The second-order valence-electron chi connectivity index (χ2n) is 5.69. The van der Waals surface area contributed by atoms with Gasteiger partial charge in [-0.2, -0.15) is 0 Å². The van der Waals surface area contributed by atoms with Crippen molar-refractivity contribution in [2.75, 3.05) is 6.54 Å². The van der Waals surface area contributed by atoms with E-state index < -0.39 is 6.10 Å². The average molecular weight is 316 g/mol. The Labute approximate surface area is 137 Å². The van der Waals surface area contributed by atoms with E-state index in [-0.39, 0.29) is 12.6 Å². The van der Waals surface area contributed by atoms with Crippen molar-refractivity contribution in [3.05, 3.63) is 59.4 Å². The zero-order chi connectivity index (χ0) is 16.7. The lowest BCUT2D eigenvalue weighted by Gasteiger charge is -2.16. The van der Waals surface area contributed by atoms with Crippen LogP contribution in [0.25, 0.3) is 0 Å². The SMILES string of the molecule is CC(C)NCC(O)c1ccc(OCc2ccccc2)c(CO)n1. The first-order valence-electron chi connectivity index (χ1n) is 7.79. The fourth-order valence-corrected chi connectivity index (χ4v) is 2.12. The zero-order valence-corrected chi connectivity index (χ0v) is 13.6. The van der Waals surface area contributed by atoms with Crippen LogP contribution in [0.3, 0.4) is 0 Å². The Bertz CT molecular complexity index is 602. The van der Waals surface area contributed by atoms with Gasteiger partial charge in [0.25, 0.3) is 0 Å². The lowest BCUT2D eigenvalue weighted by atomic mass is 10.2. The number of rotatable bonds is 8. The number of aromatic nitrogens is 1. The van der Waals surface area contributed by atoms with Gasteiger partial charge in [0.05, 0.1) is 12.3 Å². The Morgan fingerprint density at radius 3 is 2.52 bits per heavy atom. The van der Waals surface area contributed by atoms with Crippen LogP contribution < -0.4 is 10.1 Å². The molecule has 5 heteroatoms. The highest BCUT2D eigenvalue weighted by molar-refractivity contribution is 5.30. The zero-order valence-electron chi connectivity index (χ0n) is 13.6. The number of hydrogen-bond acceptors (Lipinski definition) is 5. The Morgan fingerprint density at radius 2 is 1.87 bits per heavy atom. The highest BCUT2D eigenvalue weighted by atomic mass is 16.5. The van der Waals surface area contributed by atoms with E-state index in [9.17, 15) is 10.2 Å². The first kappa shape index (κ1) is 17.4. The van der Waals surface area contributed by atoms with Gasteiger partial charge >= 0.3 is 0 Å². The summed E-state index contributed by atoms with van der Waals surface area (Å²) in [5.41, 5.74) is 2.00. The molecular formula is C18H24N2O3. The maximum Gasteiger partial charge on any atom is 0.143 e. The molecule has 1 aromatic heterocycles. The molecular weight excluding hydrogens is 292 g/mol. The molecule has 0 saturated carbocycles. The molecule has 23 heavy (non-hydrogen) atoms. The largest absolute Gasteiger partial charge is 0.487 e. The van der Waals surface area contributed by atoms with Crippen molar-refractivity contribution in [1.82, 2.24) is 10.3 Å². The second-order valence-corrected chi connectivity index (χ2v) is 5.69. The molecule has 0 bridgehead atoms. The fourth-order valence-electron chi connectivity index (χ4n) is 2.12. The van der Waals surface area contributed by atoms with Crippen molar-refractivity contribution < 1.29 is 14.9 Å². The molecule has 5 nitrogen and oxygen atoms in total. The predicted molar refractivity (Wildman–Crippen MR) is 89.0 cm³/mol. The number of pyridine rings is 1. The van der Waals surface area contributed by atoms with Crippen LogP contribution in [-0.4, -0.2) is 27.8 Å². The van der Waals surface area contributed by atoms with E-state index in [1.165, 1.54) is 0 Å². The third-order valence-electron chi connectivity index (χ3n) is 3.40. The molecule has 3 N–H and O–H groups in total. The average Bonchev–Trinajstić information content (AvgIpc) is 2.58. The minimum Gasteiger partial charge on any atom is -0.487 e. The quantitative estimate of drug-likeness (QED) is 0.696. The molecule has 2 aromatic rings. The summed E-state index contributed by atoms with van der Waals surface area (Å²) < 4.78 is 5.73. The number of nitrogens with zero attached hydrogens (tertiary/aromatic N) is 1. The van der Waals surface area contributed by atoms with E-state index in [1.54, 1.807) is 12.1 Å². The van der Waals surface area contributed by atoms with Gasteiger partial charge < -0.3 is 20.3 Å². The van der Waals surface area contributed by atoms with Crippen LogP contribution in [0.1, 0.15) is 36.9 Å². The maximum absolute atomic E-state index is 10.1. The molecule has 124 valence electrons. The number of aliphatic hydroxyl groups excluding tert-OH is 2. The highest BCUT2D eigenvalue weighted by Gasteiger charge is 2.13. The Morgan fingerprint density at radius 1 is 1.13 bits per heavy atom. The minimum atomic E-state index is -0.717. The van der Waals surface area contributed by atoms with Crippen LogP contribution in [0.15, 0.2) is 42.5 Å². The molecule has 0 aliphatic rings. The van der Waals surface area contributed by atoms with Crippen LogP contribution in [0.5, 0.6) is 5.75 Å². The molecule has 0 aliphatic heterocycles. The van der Waals surface area contributed by atoms with Crippen LogP contribution >= 0.6 is 0 Å². The molecule has 0 amide bonds. The summed E-state index contributed by atoms with van der Waals surface area (Å²) in [5.74, 6) is 0.532. The van der Waals surface area contributed by atoms with Gasteiger partial charge in [-0.05, 0) is 17.7 Å². The summed E-state index contributed by atoms with van der Waals surface area (Å²) in [6, 6.07) is 13.6. The molecule has 1 heterocycles. The van der Waals surface area contributed by atoms with Crippen molar-refractivity contribution in [3.8, 4) is 5.75 Å². The van der Waals surface area contributed by atoms with Gasteiger partial charge in [0.1, 0.15) is 24.2 Å². The molecule has 0 saturated heterocycles. The lowest BCUT2D eigenvalue weighted by molar-refractivity contribution is 0.165. The summed E-state index contributed by atoms with van der Waals surface area (Å²) in [5, 5.41) is 22.8. The van der Waals surface area contributed by atoms with E-state index in [0.29, 0.717) is 30.3 Å². The van der Waals surface area contributed by atoms with Crippen molar-refractivity contribution in [2.45, 2.75) is 39.2 Å². The smallest absolute Gasteiger partial charge is 0.143 e. The Kier molecular flexibility index (Phi) is 6.52. The van der Waals surface area contributed by atoms with Gasteiger partial charge in [-0.3, -0.25) is 0 Å².